The molecular weight excluding hydrogens is 308 g/mol. The van der Waals surface area contributed by atoms with Crippen LogP contribution >= 0.6 is 0 Å². The van der Waals surface area contributed by atoms with Gasteiger partial charge in [-0.05, 0) is 37.0 Å². The Bertz CT molecular complexity index is 424. The smallest absolute Gasteiger partial charge is 0.240 e. The molecule has 0 aliphatic heterocycles. The van der Waals surface area contributed by atoms with Crippen LogP contribution in [-0.4, -0.2) is 6.29 Å². The van der Waals surface area contributed by atoms with Gasteiger partial charge in [-0.15, -0.1) is 0 Å². The van der Waals surface area contributed by atoms with Crippen LogP contribution in [0.5, 0.6) is 5.75 Å². The van der Waals surface area contributed by atoms with Crippen molar-refractivity contribution in [3.8, 4) is 5.75 Å². The van der Waals surface area contributed by atoms with Crippen LogP contribution in [0.4, 0.5) is 0 Å². The lowest BCUT2D eigenvalue weighted by Crippen LogP contribution is -2.18. The molecule has 2 heteroatoms. The average Bonchev–Trinajstić information content (AvgIpc) is 2.62. The van der Waals surface area contributed by atoms with Crippen LogP contribution in [0, 0.1) is 0 Å². The zero-order valence-corrected chi connectivity index (χ0v) is 16.5. The van der Waals surface area contributed by atoms with Crippen molar-refractivity contribution < 1.29 is 9.47 Å². The molecule has 1 rings (SSSR count). The van der Waals surface area contributed by atoms with Crippen LogP contribution < -0.4 is 4.74 Å². The predicted molar refractivity (Wildman–Crippen MR) is 108 cm³/mol. The van der Waals surface area contributed by atoms with Gasteiger partial charge in [0.1, 0.15) is 5.75 Å². The van der Waals surface area contributed by atoms with E-state index >= 15 is 0 Å². The Labute approximate surface area is 155 Å². The lowest BCUT2D eigenvalue weighted by molar-refractivity contribution is -0.0359. The van der Waals surface area contributed by atoms with Crippen molar-refractivity contribution in [3.63, 3.8) is 0 Å². The van der Waals surface area contributed by atoms with Crippen LogP contribution in [0.25, 0.3) is 0 Å². The Balaban J connectivity index is 2.27. The van der Waals surface area contributed by atoms with E-state index in [1.54, 1.807) is 0 Å². The first-order chi connectivity index (χ1) is 12.3. The van der Waals surface area contributed by atoms with E-state index in [1.165, 1.54) is 69.6 Å². The van der Waals surface area contributed by atoms with E-state index in [4.69, 9.17) is 9.47 Å². The van der Waals surface area contributed by atoms with E-state index in [1.807, 2.05) is 0 Å². The molecule has 142 valence electrons. The first kappa shape index (κ1) is 21.6. The fourth-order valence-electron chi connectivity index (χ4n) is 3.00. The molecule has 0 heterocycles. The zero-order valence-electron chi connectivity index (χ0n) is 16.5. The van der Waals surface area contributed by atoms with Gasteiger partial charge in [0.2, 0.25) is 6.29 Å². The number of rotatable bonds is 16. The summed E-state index contributed by atoms with van der Waals surface area (Å²) in [6.45, 7) is 8.12. The first-order valence-corrected chi connectivity index (χ1v) is 10.3. The van der Waals surface area contributed by atoms with Gasteiger partial charge >= 0.3 is 0 Å². The van der Waals surface area contributed by atoms with Crippen molar-refractivity contribution in [2.24, 2.45) is 0 Å². The molecule has 0 fully saturated rings. The number of unbranched alkanes of at least 4 members (excludes halogenated alkanes) is 8. The average molecular weight is 347 g/mol. The highest BCUT2D eigenvalue weighted by atomic mass is 16.7. The molecule has 1 atom stereocenters. The molecule has 2 nitrogen and oxygen atoms in total. The Kier molecular flexibility index (Phi) is 12.8. The summed E-state index contributed by atoms with van der Waals surface area (Å²) in [5.74, 6) is 0.881. The second kappa shape index (κ2) is 14.9. The highest BCUT2D eigenvalue weighted by Gasteiger charge is 2.09. The van der Waals surface area contributed by atoms with Gasteiger partial charge in [-0.25, -0.2) is 0 Å². The largest absolute Gasteiger partial charge is 0.463 e. The van der Waals surface area contributed by atoms with Gasteiger partial charge in [0.15, 0.2) is 0 Å². The van der Waals surface area contributed by atoms with Crippen molar-refractivity contribution >= 4 is 0 Å². The van der Waals surface area contributed by atoms with E-state index in [-0.39, 0.29) is 6.29 Å². The van der Waals surface area contributed by atoms with E-state index in [0.29, 0.717) is 0 Å². The number of ether oxygens (including phenoxy) is 2. The highest BCUT2D eigenvalue weighted by molar-refractivity contribution is 5.27. The molecule has 0 saturated heterocycles. The Morgan fingerprint density at radius 3 is 2.08 bits per heavy atom. The molecule has 0 N–H and O–H groups in total. The fraction of sp³-hybridized carbons (Fsp3) is 0.652. The summed E-state index contributed by atoms with van der Waals surface area (Å²) >= 11 is 0. The lowest BCUT2D eigenvalue weighted by atomic mass is 10.0. The van der Waals surface area contributed by atoms with Crippen molar-refractivity contribution in [2.45, 2.75) is 97.2 Å². The summed E-state index contributed by atoms with van der Waals surface area (Å²) in [5, 5.41) is 0. The first-order valence-electron chi connectivity index (χ1n) is 10.3. The maximum atomic E-state index is 5.94. The maximum Gasteiger partial charge on any atom is 0.240 e. The van der Waals surface area contributed by atoms with Gasteiger partial charge in [0.05, 0.1) is 6.26 Å². The fourth-order valence-corrected chi connectivity index (χ4v) is 3.00. The number of aryl methyl sites for hydroxylation is 1. The molecule has 0 radical (unpaired) electrons. The molecule has 1 aromatic carbocycles. The summed E-state index contributed by atoms with van der Waals surface area (Å²) in [4.78, 5) is 0. The van der Waals surface area contributed by atoms with Crippen LogP contribution in [0.2, 0.25) is 0 Å². The molecule has 1 unspecified atom stereocenters. The third-order valence-electron chi connectivity index (χ3n) is 4.55. The van der Waals surface area contributed by atoms with Gasteiger partial charge in [-0.3, -0.25) is 0 Å². The summed E-state index contributed by atoms with van der Waals surface area (Å²) in [5.41, 5.74) is 1.40. The Hall–Kier alpha value is -1.44. The lowest BCUT2D eigenvalue weighted by Gasteiger charge is -2.18. The highest BCUT2D eigenvalue weighted by Crippen LogP contribution is 2.19. The molecule has 0 saturated carbocycles. The topological polar surface area (TPSA) is 18.5 Å². The molecule has 1 aromatic rings. The van der Waals surface area contributed by atoms with Gasteiger partial charge in [0, 0.05) is 6.42 Å². The summed E-state index contributed by atoms with van der Waals surface area (Å²) in [6, 6.07) is 8.50. The van der Waals surface area contributed by atoms with Gasteiger partial charge in [-0.2, -0.15) is 0 Å². The SMILES string of the molecule is C=COC(CCCCC)Oc1ccc(CCCCCCCCC)cc1. The second-order valence-electron chi connectivity index (χ2n) is 6.86. The molecule has 0 aromatic heterocycles. The second-order valence-corrected chi connectivity index (χ2v) is 6.86. The minimum Gasteiger partial charge on any atom is -0.463 e. The summed E-state index contributed by atoms with van der Waals surface area (Å²) in [7, 11) is 0. The van der Waals surface area contributed by atoms with E-state index in [9.17, 15) is 0 Å². The molecule has 0 aliphatic carbocycles. The molecular formula is C23H38O2. The molecule has 0 bridgehead atoms. The van der Waals surface area contributed by atoms with Crippen molar-refractivity contribution in [3.05, 3.63) is 42.7 Å². The number of hydrogen-bond acceptors (Lipinski definition) is 2. The van der Waals surface area contributed by atoms with Gasteiger partial charge < -0.3 is 9.47 Å². The van der Waals surface area contributed by atoms with Crippen LogP contribution in [0.1, 0.15) is 90.0 Å². The molecule has 0 spiro atoms. The number of hydrogen-bond donors (Lipinski definition) is 0. The van der Waals surface area contributed by atoms with E-state index < -0.39 is 0 Å². The molecule has 25 heavy (non-hydrogen) atoms. The summed E-state index contributed by atoms with van der Waals surface area (Å²) in [6.07, 6.45) is 16.3. The quantitative estimate of drug-likeness (QED) is 0.176. The third kappa shape index (κ3) is 10.9. The van der Waals surface area contributed by atoms with Crippen molar-refractivity contribution in [1.82, 2.24) is 0 Å². The summed E-state index contributed by atoms with van der Waals surface area (Å²) < 4.78 is 11.4. The zero-order chi connectivity index (χ0) is 18.2. The maximum absolute atomic E-state index is 5.94. The Morgan fingerprint density at radius 2 is 1.44 bits per heavy atom. The minimum absolute atomic E-state index is 0.224. The Morgan fingerprint density at radius 1 is 0.840 bits per heavy atom. The van der Waals surface area contributed by atoms with Gasteiger partial charge in [-0.1, -0.05) is 83.9 Å². The standard InChI is InChI=1S/C23H38O2/c1-4-7-9-10-11-12-14-15-21-17-19-22(20-18-21)25-23(24-6-3)16-13-8-5-2/h6,17-20,23H,3-5,7-16H2,1-2H3. The van der Waals surface area contributed by atoms with E-state index in [0.717, 1.165) is 25.0 Å². The third-order valence-corrected chi connectivity index (χ3v) is 4.55. The monoisotopic (exact) mass is 346 g/mol. The van der Waals surface area contributed by atoms with Crippen LogP contribution in [0.15, 0.2) is 37.1 Å². The normalized spacial score (nSPS) is 11.9. The minimum atomic E-state index is -0.224. The van der Waals surface area contributed by atoms with Crippen molar-refractivity contribution in [1.29, 1.82) is 0 Å². The van der Waals surface area contributed by atoms with Crippen LogP contribution in [-0.2, 0) is 11.2 Å². The van der Waals surface area contributed by atoms with E-state index in [2.05, 4.69) is 44.7 Å². The predicted octanol–water partition coefficient (Wildman–Crippen LogP) is 7.43. The molecule has 0 amide bonds. The molecule has 0 aliphatic rings. The number of benzene rings is 1. The van der Waals surface area contributed by atoms with Crippen molar-refractivity contribution in [2.75, 3.05) is 0 Å². The van der Waals surface area contributed by atoms with Gasteiger partial charge in [0.25, 0.3) is 0 Å². The van der Waals surface area contributed by atoms with Crippen LogP contribution in [0.3, 0.4) is 0 Å².